The average molecular weight is 215 g/mol. The molecule has 15 heavy (non-hydrogen) atoms. The van der Waals surface area contributed by atoms with Crippen LogP contribution in [0.15, 0.2) is 0 Å². The van der Waals surface area contributed by atoms with Crippen molar-refractivity contribution in [1.82, 2.24) is 0 Å². The Balaban J connectivity index is 2.19. The van der Waals surface area contributed by atoms with E-state index < -0.39 is 12.0 Å². The van der Waals surface area contributed by atoms with Crippen molar-refractivity contribution in [3.63, 3.8) is 0 Å². The molecule has 4 nitrogen and oxygen atoms in total. The summed E-state index contributed by atoms with van der Waals surface area (Å²) in [5.74, 6) is -0.399. The lowest BCUT2D eigenvalue weighted by Gasteiger charge is -2.17. The zero-order valence-corrected chi connectivity index (χ0v) is 9.41. The zero-order valence-electron chi connectivity index (χ0n) is 9.41. The quantitative estimate of drug-likeness (QED) is 0.566. The third kappa shape index (κ3) is 4.62. The molecule has 1 saturated carbocycles. The van der Waals surface area contributed by atoms with E-state index in [4.69, 9.17) is 10.5 Å². The summed E-state index contributed by atoms with van der Waals surface area (Å²) in [4.78, 5) is 11.0. The van der Waals surface area contributed by atoms with Crippen LogP contribution >= 0.6 is 0 Å². The van der Waals surface area contributed by atoms with Crippen molar-refractivity contribution in [3.8, 4) is 0 Å². The van der Waals surface area contributed by atoms with E-state index >= 15 is 0 Å². The van der Waals surface area contributed by atoms with Crippen molar-refractivity contribution < 1.29 is 14.3 Å². The molecular formula is C11H21NO3. The van der Waals surface area contributed by atoms with Gasteiger partial charge in [-0.25, -0.2) is 0 Å². The second-order valence-electron chi connectivity index (χ2n) is 4.08. The molecular weight excluding hydrogens is 194 g/mol. The molecule has 1 rings (SSSR count). The molecule has 1 fully saturated rings. The Morgan fingerprint density at radius 2 is 1.93 bits per heavy atom. The van der Waals surface area contributed by atoms with Crippen LogP contribution < -0.4 is 5.73 Å². The molecule has 2 N–H and O–H groups in total. The van der Waals surface area contributed by atoms with E-state index in [1.807, 2.05) is 0 Å². The lowest BCUT2D eigenvalue weighted by molar-refractivity contribution is -0.144. The van der Waals surface area contributed by atoms with Gasteiger partial charge in [0.05, 0.1) is 19.8 Å². The number of carbonyl (C=O) groups is 1. The molecule has 0 spiro atoms. The summed E-state index contributed by atoms with van der Waals surface area (Å²) in [5.41, 5.74) is 5.58. The van der Waals surface area contributed by atoms with Crippen molar-refractivity contribution in [2.24, 2.45) is 5.73 Å². The van der Waals surface area contributed by atoms with Crippen LogP contribution in [0, 0.1) is 0 Å². The Hall–Kier alpha value is -0.610. The Morgan fingerprint density at radius 3 is 2.47 bits per heavy atom. The van der Waals surface area contributed by atoms with E-state index in [2.05, 4.69) is 4.74 Å². The minimum absolute atomic E-state index is 0.275. The Bertz CT molecular complexity index is 188. The molecule has 4 heteroatoms. The van der Waals surface area contributed by atoms with Gasteiger partial charge in [0.2, 0.25) is 0 Å². The molecule has 1 aliphatic rings. The summed E-state index contributed by atoms with van der Waals surface area (Å²) in [6, 6.07) is -0.641. The maximum Gasteiger partial charge on any atom is 0.325 e. The van der Waals surface area contributed by atoms with Gasteiger partial charge in [-0.15, -0.1) is 0 Å². The van der Waals surface area contributed by atoms with Gasteiger partial charge in [-0.3, -0.25) is 4.79 Å². The monoisotopic (exact) mass is 215 g/mol. The van der Waals surface area contributed by atoms with Gasteiger partial charge in [-0.2, -0.15) is 0 Å². The standard InChI is InChI=1S/C11H21NO3/c1-14-11(13)10(12)8-15-9-6-4-2-3-5-7-9/h9-10H,2-8,12H2,1H3. The van der Waals surface area contributed by atoms with Crippen LogP contribution in [-0.4, -0.2) is 31.8 Å². The summed E-state index contributed by atoms with van der Waals surface area (Å²) >= 11 is 0. The average Bonchev–Trinajstić information content (AvgIpc) is 2.53. The largest absolute Gasteiger partial charge is 0.468 e. The molecule has 1 unspecified atom stereocenters. The Morgan fingerprint density at radius 1 is 1.33 bits per heavy atom. The molecule has 1 atom stereocenters. The predicted molar refractivity (Wildman–Crippen MR) is 57.4 cm³/mol. The number of ether oxygens (including phenoxy) is 2. The minimum Gasteiger partial charge on any atom is -0.468 e. The van der Waals surface area contributed by atoms with Crippen LogP contribution in [0.25, 0.3) is 0 Å². The topological polar surface area (TPSA) is 61.5 Å². The molecule has 0 aromatic rings. The van der Waals surface area contributed by atoms with Gasteiger partial charge in [-0.1, -0.05) is 25.7 Å². The predicted octanol–water partition coefficient (Wildman–Crippen LogP) is 1.23. The zero-order chi connectivity index (χ0) is 11.1. The van der Waals surface area contributed by atoms with Crippen molar-refractivity contribution >= 4 is 5.97 Å². The van der Waals surface area contributed by atoms with Crippen molar-refractivity contribution in [2.45, 2.75) is 50.7 Å². The first kappa shape index (κ1) is 12.5. The van der Waals surface area contributed by atoms with Gasteiger partial charge in [-0.05, 0) is 12.8 Å². The highest BCUT2D eigenvalue weighted by Gasteiger charge is 2.18. The fraction of sp³-hybridized carbons (Fsp3) is 0.909. The third-order valence-corrected chi connectivity index (χ3v) is 2.82. The van der Waals surface area contributed by atoms with E-state index in [1.54, 1.807) is 0 Å². The molecule has 0 amide bonds. The summed E-state index contributed by atoms with van der Waals surface area (Å²) in [6.07, 6.45) is 7.49. The lowest BCUT2D eigenvalue weighted by Crippen LogP contribution is -2.37. The molecule has 0 heterocycles. The highest BCUT2D eigenvalue weighted by molar-refractivity contribution is 5.75. The number of hydrogen-bond donors (Lipinski definition) is 1. The second kappa shape index (κ2) is 6.80. The summed E-state index contributed by atoms with van der Waals surface area (Å²) in [6.45, 7) is 0.275. The molecule has 88 valence electrons. The number of methoxy groups -OCH3 is 1. The van der Waals surface area contributed by atoms with Gasteiger partial charge in [0.25, 0.3) is 0 Å². The van der Waals surface area contributed by atoms with Gasteiger partial charge < -0.3 is 15.2 Å². The summed E-state index contributed by atoms with van der Waals surface area (Å²) in [5, 5.41) is 0. The highest BCUT2D eigenvalue weighted by atomic mass is 16.5. The summed E-state index contributed by atoms with van der Waals surface area (Å²) in [7, 11) is 1.34. The smallest absolute Gasteiger partial charge is 0.325 e. The van der Waals surface area contributed by atoms with Crippen molar-refractivity contribution in [2.75, 3.05) is 13.7 Å². The van der Waals surface area contributed by atoms with Gasteiger partial charge in [0.15, 0.2) is 0 Å². The third-order valence-electron chi connectivity index (χ3n) is 2.82. The molecule has 0 aromatic carbocycles. The second-order valence-corrected chi connectivity index (χ2v) is 4.08. The maximum atomic E-state index is 11.0. The van der Waals surface area contributed by atoms with E-state index in [0.29, 0.717) is 0 Å². The molecule has 0 aromatic heterocycles. The Kier molecular flexibility index (Phi) is 5.65. The highest BCUT2D eigenvalue weighted by Crippen LogP contribution is 2.19. The number of esters is 1. The number of carbonyl (C=O) groups excluding carboxylic acids is 1. The fourth-order valence-electron chi connectivity index (χ4n) is 1.87. The molecule has 0 saturated heterocycles. The van der Waals surface area contributed by atoms with Crippen LogP contribution in [0.4, 0.5) is 0 Å². The Labute approximate surface area is 91.1 Å². The first-order valence-corrected chi connectivity index (χ1v) is 5.69. The van der Waals surface area contributed by atoms with Gasteiger partial charge >= 0.3 is 5.97 Å². The normalized spacial score (nSPS) is 20.7. The number of hydrogen-bond acceptors (Lipinski definition) is 4. The lowest BCUT2D eigenvalue weighted by atomic mass is 10.1. The maximum absolute atomic E-state index is 11.0. The molecule has 0 bridgehead atoms. The van der Waals surface area contributed by atoms with Crippen LogP contribution in [0.2, 0.25) is 0 Å². The van der Waals surface area contributed by atoms with Gasteiger partial charge in [0.1, 0.15) is 6.04 Å². The van der Waals surface area contributed by atoms with Crippen molar-refractivity contribution in [1.29, 1.82) is 0 Å². The van der Waals surface area contributed by atoms with Crippen LogP contribution in [0.5, 0.6) is 0 Å². The molecule has 0 aliphatic heterocycles. The first-order chi connectivity index (χ1) is 7.24. The molecule has 0 radical (unpaired) electrons. The van der Waals surface area contributed by atoms with Crippen LogP contribution in [0.3, 0.4) is 0 Å². The van der Waals surface area contributed by atoms with Crippen LogP contribution in [0.1, 0.15) is 38.5 Å². The van der Waals surface area contributed by atoms with E-state index in [-0.39, 0.29) is 12.7 Å². The number of nitrogens with two attached hydrogens (primary N) is 1. The SMILES string of the molecule is COC(=O)C(N)COC1CCCCCC1. The number of rotatable bonds is 4. The minimum atomic E-state index is -0.641. The van der Waals surface area contributed by atoms with E-state index in [0.717, 1.165) is 12.8 Å². The summed E-state index contributed by atoms with van der Waals surface area (Å²) < 4.78 is 10.2. The first-order valence-electron chi connectivity index (χ1n) is 5.69. The van der Waals surface area contributed by atoms with Gasteiger partial charge in [0, 0.05) is 0 Å². The van der Waals surface area contributed by atoms with E-state index in [1.165, 1.54) is 32.8 Å². The fourth-order valence-corrected chi connectivity index (χ4v) is 1.87. The van der Waals surface area contributed by atoms with Crippen LogP contribution in [-0.2, 0) is 14.3 Å². The van der Waals surface area contributed by atoms with E-state index in [9.17, 15) is 4.79 Å². The molecule has 1 aliphatic carbocycles. The van der Waals surface area contributed by atoms with Crippen molar-refractivity contribution in [3.05, 3.63) is 0 Å².